The van der Waals surface area contributed by atoms with Crippen LogP contribution in [0.4, 0.5) is 5.69 Å². The molecule has 3 amide bonds. The quantitative estimate of drug-likeness (QED) is 0.306. The van der Waals surface area contributed by atoms with E-state index in [9.17, 15) is 14.4 Å². The summed E-state index contributed by atoms with van der Waals surface area (Å²) in [6.07, 6.45) is 5.18. The van der Waals surface area contributed by atoms with Crippen molar-refractivity contribution in [3.8, 4) is 5.75 Å². The highest BCUT2D eigenvalue weighted by Crippen LogP contribution is 2.27. The van der Waals surface area contributed by atoms with Gasteiger partial charge in [0, 0.05) is 21.6 Å². The summed E-state index contributed by atoms with van der Waals surface area (Å²) in [5.41, 5.74) is 5.85. The van der Waals surface area contributed by atoms with Gasteiger partial charge in [-0.1, -0.05) is 46.8 Å². The van der Waals surface area contributed by atoms with Gasteiger partial charge < -0.3 is 10.1 Å². The van der Waals surface area contributed by atoms with Gasteiger partial charge in [-0.05, 0) is 67.5 Å². The van der Waals surface area contributed by atoms with Crippen LogP contribution in [-0.2, 0) is 9.59 Å². The molecule has 2 aromatic rings. The molecule has 2 aromatic carbocycles. The second-order valence-corrected chi connectivity index (χ2v) is 9.45. The molecule has 1 saturated carbocycles. The third-order valence-corrected chi connectivity index (χ3v) is 6.18. The van der Waals surface area contributed by atoms with E-state index in [-0.39, 0.29) is 23.5 Å². The summed E-state index contributed by atoms with van der Waals surface area (Å²) < 4.78 is 6.14. The van der Waals surface area contributed by atoms with Crippen molar-refractivity contribution in [3.05, 3.63) is 57.5 Å². The fourth-order valence-corrected chi connectivity index (χ4v) is 4.32. The molecule has 4 N–H and O–H groups in total. The molecule has 0 spiro atoms. The number of rotatable bonds is 6. The van der Waals surface area contributed by atoms with Crippen molar-refractivity contribution in [2.45, 2.75) is 32.1 Å². The second kappa shape index (κ2) is 12.7. The smallest absolute Gasteiger partial charge is 0.269 e. The largest absolute Gasteiger partial charge is 0.482 e. The number of thiocarbonyl (C=S) groups is 1. The number of carbonyl (C=O) groups excluding carboxylic acids is 3. The number of carbonyl (C=O) groups is 3. The SMILES string of the molecule is O=C(COc1ccc(Br)cc1Cl)NC(=S)NNC(=O)c1ccc(NC(=O)C2CCCCC2)cc1. The first kappa shape index (κ1) is 25.9. The third kappa shape index (κ3) is 7.96. The van der Waals surface area contributed by atoms with Crippen LogP contribution in [0.3, 0.4) is 0 Å². The lowest BCUT2D eigenvalue weighted by atomic mass is 9.88. The van der Waals surface area contributed by atoms with E-state index in [4.69, 9.17) is 28.6 Å². The minimum Gasteiger partial charge on any atom is -0.482 e. The first-order valence-electron chi connectivity index (χ1n) is 10.7. The van der Waals surface area contributed by atoms with Crippen molar-refractivity contribution < 1.29 is 19.1 Å². The third-order valence-electron chi connectivity index (χ3n) is 5.19. The number of amides is 3. The zero-order chi connectivity index (χ0) is 24.5. The molecule has 1 aliphatic rings. The van der Waals surface area contributed by atoms with Gasteiger partial charge in [0.05, 0.1) is 5.02 Å². The topological polar surface area (TPSA) is 109 Å². The molecule has 34 heavy (non-hydrogen) atoms. The standard InChI is InChI=1S/C23H24BrClN4O4S/c24-16-8-11-19(18(25)12-16)33-13-20(30)27-23(34)29-28-22(32)15-6-9-17(10-7-15)26-21(31)14-4-2-1-3-5-14/h6-12,14H,1-5,13H2,(H,26,31)(H,28,32)(H2,27,29,30,34). The van der Waals surface area contributed by atoms with Crippen LogP contribution in [0, 0.1) is 5.92 Å². The summed E-state index contributed by atoms with van der Waals surface area (Å²) in [5.74, 6) is -0.561. The van der Waals surface area contributed by atoms with Gasteiger partial charge in [-0.3, -0.25) is 30.6 Å². The van der Waals surface area contributed by atoms with E-state index in [1.54, 1.807) is 42.5 Å². The number of benzene rings is 2. The summed E-state index contributed by atoms with van der Waals surface area (Å²) in [4.78, 5) is 36.7. The zero-order valence-corrected chi connectivity index (χ0v) is 21.3. The fourth-order valence-electron chi connectivity index (χ4n) is 3.43. The van der Waals surface area contributed by atoms with Gasteiger partial charge in [0.15, 0.2) is 11.7 Å². The average molecular weight is 568 g/mol. The Hall–Kier alpha value is -2.69. The number of halogens is 2. The minimum atomic E-state index is -0.524. The van der Waals surface area contributed by atoms with Crippen LogP contribution in [0.15, 0.2) is 46.9 Å². The second-order valence-electron chi connectivity index (χ2n) is 7.72. The predicted molar refractivity (Wildman–Crippen MR) is 138 cm³/mol. The Morgan fingerprint density at radius 1 is 1.03 bits per heavy atom. The highest BCUT2D eigenvalue weighted by atomic mass is 79.9. The maximum Gasteiger partial charge on any atom is 0.269 e. The zero-order valence-electron chi connectivity index (χ0n) is 18.2. The van der Waals surface area contributed by atoms with Crippen molar-refractivity contribution >= 4 is 68.3 Å². The van der Waals surface area contributed by atoms with Crippen molar-refractivity contribution in [1.82, 2.24) is 16.2 Å². The molecule has 0 atom stereocenters. The Morgan fingerprint density at radius 2 is 1.74 bits per heavy atom. The van der Waals surface area contributed by atoms with E-state index < -0.39 is 11.8 Å². The van der Waals surface area contributed by atoms with E-state index in [2.05, 4.69) is 37.4 Å². The molecule has 0 aromatic heterocycles. The highest BCUT2D eigenvalue weighted by molar-refractivity contribution is 9.10. The monoisotopic (exact) mass is 566 g/mol. The molecule has 0 heterocycles. The average Bonchev–Trinajstić information content (AvgIpc) is 2.83. The van der Waals surface area contributed by atoms with Crippen LogP contribution >= 0.6 is 39.7 Å². The van der Waals surface area contributed by atoms with Crippen molar-refractivity contribution in [2.75, 3.05) is 11.9 Å². The Labute approximate surface area is 216 Å². The van der Waals surface area contributed by atoms with E-state index in [1.807, 2.05) is 0 Å². The Morgan fingerprint density at radius 3 is 2.41 bits per heavy atom. The number of hydrazine groups is 1. The number of anilines is 1. The Kier molecular flexibility index (Phi) is 9.67. The summed E-state index contributed by atoms with van der Waals surface area (Å²) in [6.45, 7) is -0.314. The molecular formula is C23H24BrClN4O4S. The maximum atomic E-state index is 12.3. The van der Waals surface area contributed by atoms with Crippen LogP contribution in [-0.4, -0.2) is 29.4 Å². The lowest BCUT2D eigenvalue weighted by Crippen LogP contribution is -2.49. The molecule has 1 aliphatic carbocycles. The van der Waals surface area contributed by atoms with Gasteiger partial charge in [0.2, 0.25) is 5.91 Å². The van der Waals surface area contributed by atoms with E-state index in [1.165, 1.54) is 6.42 Å². The van der Waals surface area contributed by atoms with Crippen molar-refractivity contribution in [3.63, 3.8) is 0 Å². The molecule has 0 aliphatic heterocycles. The first-order chi connectivity index (χ1) is 16.3. The molecule has 11 heteroatoms. The molecule has 8 nitrogen and oxygen atoms in total. The first-order valence-corrected chi connectivity index (χ1v) is 12.3. The van der Waals surface area contributed by atoms with E-state index in [0.717, 1.165) is 30.2 Å². The van der Waals surface area contributed by atoms with Crippen LogP contribution in [0.5, 0.6) is 5.75 Å². The van der Waals surface area contributed by atoms with Gasteiger partial charge in [-0.15, -0.1) is 0 Å². The lowest BCUT2D eigenvalue weighted by molar-refractivity contribution is -0.122. The van der Waals surface area contributed by atoms with Crippen LogP contribution in [0.25, 0.3) is 0 Å². The lowest BCUT2D eigenvalue weighted by Gasteiger charge is -2.20. The van der Waals surface area contributed by atoms with Crippen LogP contribution < -0.4 is 26.2 Å². The summed E-state index contributed by atoms with van der Waals surface area (Å²) in [6, 6.07) is 11.5. The normalized spacial score (nSPS) is 13.5. The molecule has 180 valence electrons. The summed E-state index contributed by atoms with van der Waals surface area (Å²) in [5, 5.41) is 5.55. The molecule has 0 radical (unpaired) electrons. The van der Waals surface area contributed by atoms with Gasteiger partial charge in [0.1, 0.15) is 5.75 Å². The summed E-state index contributed by atoms with van der Waals surface area (Å²) in [7, 11) is 0. The van der Waals surface area contributed by atoms with Gasteiger partial charge in [0.25, 0.3) is 11.8 Å². The van der Waals surface area contributed by atoms with Crippen LogP contribution in [0.2, 0.25) is 5.02 Å². The minimum absolute atomic E-state index is 0.0195. The number of hydrogen-bond donors (Lipinski definition) is 4. The number of nitrogens with one attached hydrogen (secondary N) is 4. The fraction of sp³-hybridized carbons (Fsp3) is 0.304. The predicted octanol–water partition coefficient (Wildman–Crippen LogP) is 4.34. The van der Waals surface area contributed by atoms with Crippen molar-refractivity contribution in [2.24, 2.45) is 5.92 Å². The van der Waals surface area contributed by atoms with E-state index >= 15 is 0 Å². The van der Waals surface area contributed by atoms with Crippen LogP contribution in [0.1, 0.15) is 42.5 Å². The molecule has 0 bridgehead atoms. The highest BCUT2D eigenvalue weighted by Gasteiger charge is 2.21. The summed E-state index contributed by atoms with van der Waals surface area (Å²) >= 11 is 14.3. The number of hydrogen-bond acceptors (Lipinski definition) is 5. The van der Waals surface area contributed by atoms with Gasteiger partial charge >= 0.3 is 0 Å². The molecule has 3 rings (SSSR count). The van der Waals surface area contributed by atoms with E-state index in [0.29, 0.717) is 22.0 Å². The van der Waals surface area contributed by atoms with Gasteiger partial charge in [-0.2, -0.15) is 0 Å². The number of ether oxygens (including phenoxy) is 1. The van der Waals surface area contributed by atoms with Gasteiger partial charge in [-0.25, -0.2) is 0 Å². The molecular weight excluding hydrogens is 544 g/mol. The molecule has 1 fully saturated rings. The van der Waals surface area contributed by atoms with Crippen molar-refractivity contribution in [1.29, 1.82) is 0 Å². The molecule has 0 saturated heterocycles. The molecule has 0 unspecified atom stereocenters. The Bertz CT molecular complexity index is 1060. The maximum absolute atomic E-state index is 12.3. The Balaban J connectivity index is 1.39.